The topological polar surface area (TPSA) is 108 Å². The molecule has 0 bridgehead atoms. The Morgan fingerprint density at radius 2 is 1.50 bits per heavy atom. The van der Waals surface area contributed by atoms with Crippen molar-refractivity contribution in [2.45, 2.75) is 32.6 Å². The molecule has 0 radical (unpaired) electrons. The van der Waals surface area contributed by atoms with E-state index in [1.807, 2.05) is 0 Å². The molecule has 0 aliphatic rings. The average Bonchev–Trinajstić information content (AvgIpc) is 2.28. The Kier molecular flexibility index (Phi) is 9.34. The van der Waals surface area contributed by atoms with Crippen LogP contribution >= 0.6 is 0 Å². The Morgan fingerprint density at radius 3 is 2.11 bits per heavy atom. The first-order chi connectivity index (χ1) is 8.52. The number of unbranched alkanes of at least 4 members (excludes halogenated alkanes) is 2. The molecule has 18 heavy (non-hydrogen) atoms. The van der Waals surface area contributed by atoms with Gasteiger partial charge in [-0.1, -0.05) is 6.42 Å². The maximum absolute atomic E-state index is 11.2. The van der Waals surface area contributed by atoms with Crippen molar-refractivity contribution in [2.24, 2.45) is 0 Å². The molecule has 3 amide bonds. The lowest BCUT2D eigenvalue weighted by Gasteiger charge is -2.07. The van der Waals surface area contributed by atoms with Crippen molar-refractivity contribution in [3.63, 3.8) is 0 Å². The fourth-order valence-electron chi connectivity index (χ4n) is 1.26. The maximum Gasteiger partial charge on any atom is 0.314 e. The highest BCUT2D eigenvalue weighted by atomic mass is 16.4. The lowest BCUT2D eigenvalue weighted by atomic mass is 10.2. The number of carbonyl (C=O) groups excluding carboxylic acids is 2. The van der Waals surface area contributed by atoms with E-state index in [9.17, 15) is 14.4 Å². The zero-order valence-corrected chi connectivity index (χ0v) is 10.6. The second-order valence-electron chi connectivity index (χ2n) is 3.87. The fraction of sp³-hybridized carbons (Fsp3) is 0.727. The molecule has 0 aliphatic heterocycles. The minimum atomic E-state index is -0.793. The predicted octanol–water partition coefficient (Wildman–Crippen LogP) is 0.0667. The van der Waals surface area contributed by atoms with Gasteiger partial charge in [-0.2, -0.15) is 0 Å². The number of carboxylic acids is 1. The monoisotopic (exact) mass is 259 g/mol. The molecular formula is C11H21N3O4. The van der Waals surface area contributed by atoms with Crippen LogP contribution < -0.4 is 16.0 Å². The van der Waals surface area contributed by atoms with Gasteiger partial charge in [0.05, 0.1) is 0 Å². The third kappa shape index (κ3) is 12.3. The molecule has 0 heterocycles. The predicted molar refractivity (Wildman–Crippen MR) is 66.2 cm³/mol. The van der Waals surface area contributed by atoms with Gasteiger partial charge in [0.2, 0.25) is 5.91 Å². The summed E-state index contributed by atoms with van der Waals surface area (Å²) in [5.74, 6) is -0.922. The normalized spacial score (nSPS) is 9.61. The van der Waals surface area contributed by atoms with Gasteiger partial charge in [-0.25, -0.2) is 4.79 Å². The van der Waals surface area contributed by atoms with E-state index in [4.69, 9.17) is 5.11 Å². The van der Waals surface area contributed by atoms with Gasteiger partial charge in [0.1, 0.15) is 0 Å². The van der Waals surface area contributed by atoms with Gasteiger partial charge in [-0.15, -0.1) is 0 Å². The molecule has 4 N–H and O–H groups in total. The fourth-order valence-corrected chi connectivity index (χ4v) is 1.26. The SMILES string of the molecule is CC(=O)NCCNC(=O)NCCCCCC(=O)O. The van der Waals surface area contributed by atoms with E-state index in [0.717, 1.165) is 12.8 Å². The largest absolute Gasteiger partial charge is 0.481 e. The number of carboxylic acid groups (broad SMARTS) is 1. The molecule has 0 saturated carbocycles. The van der Waals surface area contributed by atoms with E-state index < -0.39 is 5.97 Å². The molecule has 0 atom stereocenters. The highest BCUT2D eigenvalue weighted by Gasteiger charge is 1.99. The third-order valence-corrected chi connectivity index (χ3v) is 2.14. The van der Waals surface area contributed by atoms with Crippen LogP contribution in [0.5, 0.6) is 0 Å². The first-order valence-electron chi connectivity index (χ1n) is 6.00. The van der Waals surface area contributed by atoms with Crippen LogP contribution in [0.4, 0.5) is 4.79 Å². The Balaban J connectivity index is 3.26. The Labute approximate surface area is 106 Å². The van der Waals surface area contributed by atoms with Crippen molar-refractivity contribution in [3.8, 4) is 0 Å². The molecule has 0 aromatic heterocycles. The highest BCUT2D eigenvalue weighted by Crippen LogP contribution is 1.98. The molecule has 0 unspecified atom stereocenters. The number of hydrogen-bond acceptors (Lipinski definition) is 3. The van der Waals surface area contributed by atoms with Crippen molar-refractivity contribution in [1.29, 1.82) is 0 Å². The number of urea groups is 1. The first kappa shape index (κ1) is 16.2. The molecule has 7 nitrogen and oxygen atoms in total. The molecular weight excluding hydrogens is 238 g/mol. The first-order valence-corrected chi connectivity index (χ1v) is 6.00. The summed E-state index contributed by atoms with van der Waals surface area (Å²) in [6, 6.07) is -0.279. The summed E-state index contributed by atoms with van der Waals surface area (Å²) in [5.41, 5.74) is 0. The molecule has 0 rings (SSSR count). The Hall–Kier alpha value is -1.79. The number of amides is 3. The van der Waals surface area contributed by atoms with Crippen LogP contribution in [0.3, 0.4) is 0 Å². The van der Waals surface area contributed by atoms with Crippen LogP contribution in [0.25, 0.3) is 0 Å². The number of hydrogen-bond donors (Lipinski definition) is 4. The summed E-state index contributed by atoms with van der Waals surface area (Å²) in [4.78, 5) is 32.0. The number of carbonyl (C=O) groups is 3. The highest BCUT2D eigenvalue weighted by molar-refractivity contribution is 5.74. The molecule has 104 valence electrons. The van der Waals surface area contributed by atoms with Crippen molar-refractivity contribution in [2.75, 3.05) is 19.6 Å². The van der Waals surface area contributed by atoms with Gasteiger partial charge in [-0.3, -0.25) is 9.59 Å². The molecule has 0 spiro atoms. The van der Waals surface area contributed by atoms with Gasteiger partial charge >= 0.3 is 12.0 Å². The molecule has 7 heteroatoms. The van der Waals surface area contributed by atoms with Crippen molar-refractivity contribution >= 4 is 17.9 Å². The zero-order valence-electron chi connectivity index (χ0n) is 10.6. The smallest absolute Gasteiger partial charge is 0.314 e. The van der Waals surface area contributed by atoms with E-state index in [1.54, 1.807) is 0 Å². The molecule has 0 fully saturated rings. The summed E-state index contributed by atoms with van der Waals surface area (Å²) < 4.78 is 0. The van der Waals surface area contributed by atoms with Crippen LogP contribution in [0.2, 0.25) is 0 Å². The van der Waals surface area contributed by atoms with Crippen LogP contribution in [0.1, 0.15) is 32.6 Å². The average molecular weight is 259 g/mol. The second kappa shape index (κ2) is 10.4. The standard InChI is InChI=1S/C11H21N3O4/c1-9(15)12-7-8-14-11(18)13-6-4-2-3-5-10(16)17/h2-8H2,1H3,(H,12,15)(H,16,17)(H2,13,14,18). The van der Waals surface area contributed by atoms with Crippen LogP contribution in [-0.4, -0.2) is 42.6 Å². The van der Waals surface area contributed by atoms with E-state index in [0.29, 0.717) is 26.1 Å². The van der Waals surface area contributed by atoms with Gasteiger partial charge < -0.3 is 21.1 Å². The summed E-state index contributed by atoms with van der Waals surface area (Å²) >= 11 is 0. The summed E-state index contributed by atoms with van der Waals surface area (Å²) in [5, 5.41) is 16.2. The minimum Gasteiger partial charge on any atom is -0.481 e. The lowest BCUT2D eigenvalue weighted by molar-refractivity contribution is -0.137. The number of nitrogens with one attached hydrogen (secondary N) is 3. The maximum atomic E-state index is 11.2. The zero-order chi connectivity index (χ0) is 13.8. The van der Waals surface area contributed by atoms with Crippen LogP contribution in [0.15, 0.2) is 0 Å². The Bertz CT molecular complexity index is 281. The van der Waals surface area contributed by atoms with E-state index in [2.05, 4.69) is 16.0 Å². The van der Waals surface area contributed by atoms with Gasteiger partial charge in [-0.05, 0) is 12.8 Å². The quantitative estimate of drug-likeness (QED) is 0.439. The third-order valence-electron chi connectivity index (χ3n) is 2.14. The number of rotatable bonds is 9. The van der Waals surface area contributed by atoms with Crippen LogP contribution in [0, 0.1) is 0 Å². The van der Waals surface area contributed by atoms with E-state index >= 15 is 0 Å². The molecule has 0 aromatic carbocycles. The van der Waals surface area contributed by atoms with Crippen molar-refractivity contribution in [3.05, 3.63) is 0 Å². The minimum absolute atomic E-state index is 0.129. The van der Waals surface area contributed by atoms with E-state index in [1.165, 1.54) is 6.92 Å². The van der Waals surface area contributed by atoms with Crippen LogP contribution in [-0.2, 0) is 9.59 Å². The number of aliphatic carboxylic acids is 1. The Morgan fingerprint density at radius 1 is 0.889 bits per heavy atom. The summed E-state index contributed by atoms with van der Waals surface area (Å²) in [6.45, 7) is 2.72. The molecule has 0 aromatic rings. The van der Waals surface area contributed by atoms with Gasteiger partial charge in [0, 0.05) is 33.0 Å². The summed E-state index contributed by atoms with van der Waals surface area (Å²) in [6.07, 6.45) is 2.33. The summed E-state index contributed by atoms with van der Waals surface area (Å²) in [7, 11) is 0. The van der Waals surface area contributed by atoms with Crippen molar-refractivity contribution in [1.82, 2.24) is 16.0 Å². The van der Waals surface area contributed by atoms with E-state index in [-0.39, 0.29) is 18.4 Å². The molecule has 0 saturated heterocycles. The lowest BCUT2D eigenvalue weighted by Crippen LogP contribution is -2.40. The molecule has 0 aliphatic carbocycles. The van der Waals surface area contributed by atoms with Crippen molar-refractivity contribution < 1.29 is 19.5 Å². The second-order valence-corrected chi connectivity index (χ2v) is 3.87. The van der Waals surface area contributed by atoms with Gasteiger partial charge in [0.25, 0.3) is 0 Å². The van der Waals surface area contributed by atoms with Gasteiger partial charge in [0.15, 0.2) is 0 Å².